The number of nitrogens with zero attached hydrogens (tertiary/aromatic N) is 2. The lowest BCUT2D eigenvalue weighted by atomic mass is 10.1. The van der Waals surface area contributed by atoms with Crippen molar-refractivity contribution in [3.05, 3.63) is 89.5 Å². The van der Waals surface area contributed by atoms with Crippen molar-refractivity contribution in [3.8, 4) is 5.75 Å². The number of hydrogen-bond donors (Lipinski definition) is 1. The van der Waals surface area contributed by atoms with Gasteiger partial charge in [0.1, 0.15) is 18.3 Å². The van der Waals surface area contributed by atoms with Crippen molar-refractivity contribution in [2.24, 2.45) is 0 Å². The number of para-hydroxylation sites is 2. The highest BCUT2D eigenvalue weighted by Crippen LogP contribution is 2.33. The number of hydrogen-bond acceptors (Lipinski definition) is 5. The Bertz CT molecular complexity index is 1460. The van der Waals surface area contributed by atoms with Crippen LogP contribution in [0, 0.1) is 13.8 Å². The first kappa shape index (κ1) is 31.7. The summed E-state index contributed by atoms with van der Waals surface area (Å²) in [4.78, 5) is 28.9. The lowest BCUT2D eigenvalue weighted by Crippen LogP contribution is -2.54. The van der Waals surface area contributed by atoms with Crippen LogP contribution in [0.4, 0.5) is 5.69 Å². The number of rotatable bonds is 11. The summed E-state index contributed by atoms with van der Waals surface area (Å²) in [7, 11) is -4.19. The summed E-state index contributed by atoms with van der Waals surface area (Å²) in [5, 5.41) is 2.94. The Balaban J connectivity index is 2.09. The van der Waals surface area contributed by atoms with E-state index in [2.05, 4.69) is 5.32 Å². The Morgan fingerprint density at radius 3 is 2.20 bits per heavy atom. The lowest BCUT2D eigenvalue weighted by molar-refractivity contribution is -0.140. The molecule has 2 amide bonds. The predicted octanol–water partition coefficient (Wildman–Crippen LogP) is 5.23. The van der Waals surface area contributed by atoms with Gasteiger partial charge in [0.25, 0.3) is 10.0 Å². The molecule has 0 saturated carbocycles. The van der Waals surface area contributed by atoms with Gasteiger partial charge in [-0.05, 0) is 78.3 Å². The van der Waals surface area contributed by atoms with Crippen LogP contribution < -0.4 is 14.4 Å². The lowest BCUT2D eigenvalue weighted by Gasteiger charge is -2.34. The summed E-state index contributed by atoms with van der Waals surface area (Å²) in [5.74, 6) is -0.520. The molecule has 1 atom stereocenters. The molecule has 8 nitrogen and oxygen atoms in total. The highest BCUT2D eigenvalue weighted by Gasteiger charge is 2.34. The number of aryl methyl sites for hydroxylation is 2. The topological polar surface area (TPSA) is 96.0 Å². The summed E-state index contributed by atoms with van der Waals surface area (Å²) >= 11 is 0. The van der Waals surface area contributed by atoms with Crippen molar-refractivity contribution in [3.63, 3.8) is 0 Å². The van der Waals surface area contributed by atoms with Crippen LogP contribution in [0.3, 0.4) is 0 Å². The van der Waals surface area contributed by atoms with E-state index in [1.54, 1.807) is 50.2 Å². The molecule has 0 aliphatic heterocycles. The first-order valence-corrected chi connectivity index (χ1v) is 15.1. The van der Waals surface area contributed by atoms with Crippen LogP contribution in [-0.2, 0) is 26.2 Å². The number of nitrogens with one attached hydrogen (secondary N) is 1. The summed E-state index contributed by atoms with van der Waals surface area (Å²) in [5.41, 5.74) is 2.47. The van der Waals surface area contributed by atoms with E-state index < -0.39 is 34.1 Å². The largest absolute Gasteiger partial charge is 0.492 e. The van der Waals surface area contributed by atoms with E-state index in [-0.39, 0.29) is 23.0 Å². The van der Waals surface area contributed by atoms with Gasteiger partial charge in [-0.1, -0.05) is 59.7 Å². The van der Waals surface area contributed by atoms with Gasteiger partial charge in [-0.3, -0.25) is 13.9 Å². The normalized spacial score (nSPS) is 12.4. The maximum absolute atomic E-state index is 14.1. The number of amides is 2. The van der Waals surface area contributed by atoms with Crippen molar-refractivity contribution in [2.45, 2.75) is 71.5 Å². The monoisotopic (exact) mass is 579 g/mol. The number of ether oxygens (including phenoxy) is 1. The fourth-order valence-electron chi connectivity index (χ4n) is 4.36. The number of anilines is 1. The minimum Gasteiger partial charge on any atom is -0.492 e. The van der Waals surface area contributed by atoms with Crippen LogP contribution >= 0.6 is 0 Å². The van der Waals surface area contributed by atoms with Gasteiger partial charge >= 0.3 is 0 Å². The van der Waals surface area contributed by atoms with Crippen molar-refractivity contribution in [1.82, 2.24) is 10.2 Å². The second kappa shape index (κ2) is 13.2. The van der Waals surface area contributed by atoms with Gasteiger partial charge in [0.2, 0.25) is 11.8 Å². The summed E-state index contributed by atoms with van der Waals surface area (Å²) in [6.07, 6.45) is 0. The quantitative estimate of drug-likeness (QED) is 0.336. The van der Waals surface area contributed by atoms with Gasteiger partial charge in [-0.25, -0.2) is 8.42 Å². The second-order valence-corrected chi connectivity index (χ2v) is 13.0. The van der Waals surface area contributed by atoms with Crippen LogP contribution in [0.25, 0.3) is 0 Å². The molecule has 0 bridgehead atoms. The summed E-state index contributed by atoms with van der Waals surface area (Å²) in [6, 6.07) is 20.0. The molecule has 41 heavy (non-hydrogen) atoms. The average Bonchev–Trinajstić information content (AvgIpc) is 2.90. The van der Waals surface area contributed by atoms with Gasteiger partial charge < -0.3 is 15.0 Å². The van der Waals surface area contributed by atoms with E-state index >= 15 is 0 Å². The van der Waals surface area contributed by atoms with Crippen LogP contribution in [0.15, 0.2) is 77.7 Å². The zero-order valence-electron chi connectivity index (χ0n) is 25.0. The second-order valence-electron chi connectivity index (χ2n) is 11.2. The molecule has 9 heteroatoms. The molecule has 3 rings (SSSR count). The van der Waals surface area contributed by atoms with Gasteiger partial charge in [-0.2, -0.15) is 0 Å². The maximum atomic E-state index is 14.1. The van der Waals surface area contributed by atoms with Crippen molar-refractivity contribution >= 4 is 27.5 Å². The fourth-order valence-corrected chi connectivity index (χ4v) is 5.78. The van der Waals surface area contributed by atoms with Crippen LogP contribution in [0.2, 0.25) is 0 Å². The molecular weight excluding hydrogens is 538 g/mol. The molecular formula is C32H41N3O5S. The fraction of sp³-hybridized carbons (Fsp3) is 0.375. The zero-order valence-corrected chi connectivity index (χ0v) is 25.8. The number of sulfonamides is 1. The molecule has 0 radical (unpaired) electrons. The van der Waals surface area contributed by atoms with E-state index in [9.17, 15) is 18.0 Å². The molecule has 0 aliphatic carbocycles. The molecule has 220 valence electrons. The first-order chi connectivity index (χ1) is 19.2. The van der Waals surface area contributed by atoms with E-state index in [4.69, 9.17) is 4.74 Å². The summed E-state index contributed by atoms with van der Waals surface area (Å²) < 4.78 is 35.0. The Morgan fingerprint density at radius 1 is 0.927 bits per heavy atom. The minimum absolute atomic E-state index is 0.0472. The number of carbonyl (C=O) groups excluding carboxylic acids is 2. The van der Waals surface area contributed by atoms with Crippen LogP contribution in [-0.4, -0.2) is 49.9 Å². The highest BCUT2D eigenvalue weighted by atomic mass is 32.2. The van der Waals surface area contributed by atoms with Gasteiger partial charge in [0.15, 0.2) is 0 Å². The van der Waals surface area contributed by atoms with E-state index in [1.165, 1.54) is 17.0 Å². The molecule has 1 N–H and O–H groups in total. The third-order valence-corrected chi connectivity index (χ3v) is 8.20. The van der Waals surface area contributed by atoms with Crippen molar-refractivity contribution < 1.29 is 22.7 Å². The molecule has 0 heterocycles. The Labute approximate surface area is 244 Å². The molecule has 0 spiro atoms. The summed E-state index contributed by atoms with van der Waals surface area (Å²) in [6.45, 7) is 12.8. The first-order valence-electron chi connectivity index (χ1n) is 13.7. The van der Waals surface area contributed by atoms with E-state index in [0.29, 0.717) is 12.4 Å². The molecule has 0 saturated heterocycles. The molecule has 0 aromatic heterocycles. The maximum Gasteiger partial charge on any atom is 0.264 e. The smallest absolute Gasteiger partial charge is 0.264 e. The standard InChI is InChI=1S/C32H41N3O5S/c1-8-40-29-15-10-9-14-28(29)35(41(38,39)27-18-16-23(2)17-19-27)22-30(36)34(21-26-13-11-12-24(3)20-26)25(4)31(37)33-32(5,6)7/h9-20,25H,8,21-22H2,1-7H3,(H,33,37)/t25-/m0/s1. The third-order valence-electron chi connectivity index (χ3n) is 6.42. The van der Waals surface area contributed by atoms with Gasteiger partial charge in [0.05, 0.1) is 17.2 Å². The molecule has 3 aromatic carbocycles. The molecule has 0 fully saturated rings. The van der Waals surface area contributed by atoms with Gasteiger partial charge in [-0.15, -0.1) is 0 Å². The zero-order chi connectivity index (χ0) is 30.4. The Kier molecular flexibility index (Phi) is 10.2. The van der Waals surface area contributed by atoms with E-state index in [1.807, 2.05) is 58.9 Å². The van der Waals surface area contributed by atoms with Gasteiger partial charge in [0, 0.05) is 12.1 Å². The highest BCUT2D eigenvalue weighted by molar-refractivity contribution is 7.92. The average molecular weight is 580 g/mol. The Morgan fingerprint density at radius 2 is 1.59 bits per heavy atom. The molecule has 3 aromatic rings. The SMILES string of the molecule is CCOc1ccccc1N(CC(=O)N(Cc1cccc(C)c1)[C@@H](C)C(=O)NC(C)(C)C)S(=O)(=O)c1ccc(C)cc1. The van der Waals surface area contributed by atoms with Crippen LogP contribution in [0.1, 0.15) is 51.3 Å². The number of carbonyl (C=O) groups is 2. The Hall–Kier alpha value is -3.85. The molecule has 0 unspecified atom stereocenters. The van der Waals surface area contributed by atoms with E-state index in [0.717, 1.165) is 21.0 Å². The number of benzene rings is 3. The van der Waals surface area contributed by atoms with Crippen molar-refractivity contribution in [1.29, 1.82) is 0 Å². The van der Waals surface area contributed by atoms with Crippen molar-refractivity contribution in [2.75, 3.05) is 17.5 Å². The predicted molar refractivity (Wildman–Crippen MR) is 162 cm³/mol. The molecule has 0 aliphatic rings. The third kappa shape index (κ3) is 8.33. The minimum atomic E-state index is -4.19. The van der Waals surface area contributed by atoms with Crippen LogP contribution in [0.5, 0.6) is 5.75 Å².